The van der Waals surface area contributed by atoms with Gasteiger partial charge in [0.05, 0.1) is 18.7 Å². The lowest BCUT2D eigenvalue weighted by Gasteiger charge is -2.24. The highest BCUT2D eigenvalue weighted by atomic mass is 16.2. The molecule has 0 N–H and O–H groups in total. The van der Waals surface area contributed by atoms with Crippen molar-refractivity contribution in [2.75, 3.05) is 6.54 Å². The fourth-order valence-electron chi connectivity index (χ4n) is 3.59. The average molecular weight is 334 g/mol. The van der Waals surface area contributed by atoms with Crippen LogP contribution in [0.5, 0.6) is 0 Å². The van der Waals surface area contributed by atoms with Gasteiger partial charge in [0.2, 0.25) is 5.91 Å². The number of benzene rings is 1. The minimum absolute atomic E-state index is 0.167. The first-order valence-electron chi connectivity index (χ1n) is 8.71. The minimum atomic E-state index is 0.167. The summed E-state index contributed by atoms with van der Waals surface area (Å²) >= 11 is 0. The van der Waals surface area contributed by atoms with E-state index in [1.165, 1.54) is 0 Å². The van der Waals surface area contributed by atoms with Crippen LogP contribution in [0.1, 0.15) is 30.0 Å². The standard InChI is InChI=1S/C20H22N4O/c1-22-15-17(14-21-22)19-5-4-12-24(19)20(25)13-16-6-8-18(9-7-16)23-10-2-3-11-23/h2-3,6-11,14-15,19H,4-5,12-13H2,1H3/t19-/m0/s1. The first kappa shape index (κ1) is 15.7. The number of likely N-dealkylation sites (tertiary alicyclic amines) is 1. The molecule has 1 aliphatic rings. The predicted molar refractivity (Wildman–Crippen MR) is 96.4 cm³/mol. The van der Waals surface area contributed by atoms with Crippen molar-refractivity contribution in [1.29, 1.82) is 0 Å². The van der Waals surface area contributed by atoms with Crippen molar-refractivity contribution in [3.05, 3.63) is 72.3 Å². The third-order valence-corrected chi connectivity index (χ3v) is 4.88. The molecule has 2 aromatic heterocycles. The molecule has 4 rings (SSSR count). The number of hydrogen-bond acceptors (Lipinski definition) is 2. The fraction of sp³-hybridized carbons (Fsp3) is 0.300. The maximum atomic E-state index is 12.8. The van der Waals surface area contributed by atoms with Crippen LogP contribution in [0.3, 0.4) is 0 Å². The number of amides is 1. The van der Waals surface area contributed by atoms with Gasteiger partial charge in [-0.1, -0.05) is 12.1 Å². The van der Waals surface area contributed by atoms with Crippen molar-refractivity contribution in [2.45, 2.75) is 25.3 Å². The summed E-state index contributed by atoms with van der Waals surface area (Å²) < 4.78 is 3.86. The Morgan fingerprint density at radius 1 is 1.20 bits per heavy atom. The maximum absolute atomic E-state index is 12.8. The number of aromatic nitrogens is 3. The van der Waals surface area contributed by atoms with Gasteiger partial charge in [-0.25, -0.2) is 0 Å². The summed E-state index contributed by atoms with van der Waals surface area (Å²) in [6.45, 7) is 0.833. The summed E-state index contributed by atoms with van der Waals surface area (Å²) in [5, 5.41) is 4.25. The van der Waals surface area contributed by atoms with Gasteiger partial charge in [0.15, 0.2) is 0 Å². The van der Waals surface area contributed by atoms with Gasteiger partial charge in [-0.05, 0) is 42.7 Å². The van der Waals surface area contributed by atoms with Crippen LogP contribution in [-0.2, 0) is 18.3 Å². The molecule has 128 valence electrons. The van der Waals surface area contributed by atoms with Gasteiger partial charge in [0.1, 0.15) is 0 Å². The van der Waals surface area contributed by atoms with E-state index in [4.69, 9.17) is 0 Å². The third kappa shape index (κ3) is 3.22. The van der Waals surface area contributed by atoms with E-state index < -0.39 is 0 Å². The van der Waals surface area contributed by atoms with Crippen LogP contribution >= 0.6 is 0 Å². The number of aryl methyl sites for hydroxylation is 1. The smallest absolute Gasteiger partial charge is 0.227 e. The zero-order valence-electron chi connectivity index (χ0n) is 14.4. The third-order valence-electron chi connectivity index (χ3n) is 4.88. The Bertz CT molecular complexity index is 848. The molecule has 0 saturated carbocycles. The van der Waals surface area contributed by atoms with Crippen LogP contribution in [0, 0.1) is 0 Å². The molecule has 3 heterocycles. The second kappa shape index (κ2) is 6.59. The van der Waals surface area contributed by atoms with E-state index in [9.17, 15) is 4.79 Å². The van der Waals surface area contributed by atoms with E-state index in [1.54, 1.807) is 4.68 Å². The summed E-state index contributed by atoms with van der Waals surface area (Å²) in [6.07, 6.45) is 10.4. The molecule has 1 saturated heterocycles. The first-order valence-corrected chi connectivity index (χ1v) is 8.71. The number of rotatable bonds is 4. The molecule has 0 bridgehead atoms. The largest absolute Gasteiger partial charge is 0.335 e. The van der Waals surface area contributed by atoms with Crippen molar-refractivity contribution < 1.29 is 4.79 Å². The van der Waals surface area contributed by atoms with E-state index in [1.807, 2.05) is 61.0 Å². The van der Waals surface area contributed by atoms with Gasteiger partial charge in [0, 0.05) is 43.4 Å². The van der Waals surface area contributed by atoms with Crippen molar-refractivity contribution in [3.8, 4) is 5.69 Å². The summed E-state index contributed by atoms with van der Waals surface area (Å²) in [5.41, 5.74) is 3.30. The highest BCUT2D eigenvalue weighted by Gasteiger charge is 2.30. The average Bonchev–Trinajstić information content (AvgIpc) is 3.36. The summed E-state index contributed by atoms with van der Waals surface area (Å²) in [7, 11) is 1.91. The highest BCUT2D eigenvalue weighted by Crippen LogP contribution is 2.32. The molecule has 1 aromatic carbocycles. The minimum Gasteiger partial charge on any atom is -0.335 e. The van der Waals surface area contributed by atoms with Gasteiger partial charge in [0.25, 0.3) is 0 Å². The zero-order chi connectivity index (χ0) is 17.2. The number of nitrogens with zero attached hydrogens (tertiary/aromatic N) is 4. The first-order chi connectivity index (χ1) is 12.2. The molecule has 0 radical (unpaired) electrons. The molecular weight excluding hydrogens is 312 g/mol. The molecule has 1 fully saturated rings. The van der Waals surface area contributed by atoms with Crippen LogP contribution in [0.15, 0.2) is 61.2 Å². The Balaban J connectivity index is 1.46. The van der Waals surface area contributed by atoms with E-state index in [-0.39, 0.29) is 11.9 Å². The number of carbonyl (C=O) groups excluding carboxylic acids is 1. The maximum Gasteiger partial charge on any atom is 0.227 e. The lowest BCUT2D eigenvalue weighted by Crippen LogP contribution is -2.31. The van der Waals surface area contributed by atoms with E-state index >= 15 is 0 Å². The van der Waals surface area contributed by atoms with Crippen molar-refractivity contribution in [2.24, 2.45) is 7.05 Å². The number of carbonyl (C=O) groups is 1. The van der Waals surface area contributed by atoms with E-state index in [2.05, 4.69) is 21.8 Å². The van der Waals surface area contributed by atoms with E-state index in [0.717, 1.165) is 36.2 Å². The van der Waals surface area contributed by atoms with Gasteiger partial charge in [-0.2, -0.15) is 5.10 Å². The van der Waals surface area contributed by atoms with Crippen LogP contribution < -0.4 is 0 Å². The van der Waals surface area contributed by atoms with Crippen LogP contribution in [-0.4, -0.2) is 31.7 Å². The van der Waals surface area contributed by atoms with Gasteiger partial charge < -0.3 is 9.47 Å². The molecule has 5 nitrogen and oxygen atoms in total. The van der Waals surface area contributed by atoms with Crippen LogP contribution in [0.2, 0.25) is 0 Å². The molecule has 1 aliphatic heterocycles. The van der Waals surface area contributed by atoms with Crippen LogP contribution in [0.25, 0.3) is 5.69 Å². The SMILES string of the molecule is Cn1cc([C@@H]2CCCN2C(=O)Cc2ccc(-n3cccc3)cc2)cn1. The molecule has 0 unspecified atom stereocenters. The second-order valence-corrected chi connectivity index (χ2v) is 6.63. The Morgan fingerprint density at radius 2 is 1.96 bits per heavy atom. The summed E-state index contributed by atoms with van der Waals surface area (Å²) in [4.78, 5) is 14.8. The monoisotopic (exact) mass is 334 g/mol. The number of hydrogen-bond donors (Lipinski definition) is 0. The molecule has 1 amide bonds. The molecule has 5 heteroatoms. The highest BCUT2D eigenvalue weighted by molar-refractivity contribution is 5.79. The molecule has 1 atom stereocenters. The fourth-order valence-corrected chi connectivity index (χ4v) is 3.59. The molecule has 3 aromatic rings. The topological polar surface area (TPSA) is 43.1 Å². The van der Waals surface area contributed by atoms with Crippen molar-refractivity contribution in [3.63, 3.8) is 0 Å². The Labute approximate surface area is 147 Å². The Kier molecular flexibility index (Phi) is 4.14. The quantitative estimate of drug-likeness (QED) is 0.736. The Hall–Kier alpha value is -2.82. The summed E-state index contributed by atoms with van der Waals surface area (Å²) in [5.74, 6) is 0.195. The molecule has 25 heavy (non-hydrogen) atoms. The van der Waals surface area contributed by atoms with Gasteiger partial charge in [-0.15, -0.1) is 0 Å². The predicted octanol–water partition coefficient (Wildman–Crippen LogP) is 3.12. The zero-order valence-corrected chi connectivity index (χ0v) is 14.4. The van der Waals surface area contributed by atoms with Crippen molar-refractivity contribution >= 4 is 5.91 Å². The van der Waals surface area contributed by atoms with Gasteiger partial charge >= 0.3 is 0 Å². The van der Waals surface area contributed by atoms with Crippen molar-refractivity contribution in [1.82, 2.24) is 19.2 Å². The lowest BCUT2D eigenvalue weighted by atomic mass is 10.1. The van der Waals surface area contributed by atoms with Gasteiger partial charge in [-0.3, -0.25) is 9.48 Å². The summed E-state index contributed by atoms with van der Waals surface area (Å²) in [6, 6.07) is 12.4. The lowest BCUT2D eigenvalue weighted by molar-refractivity contribution is -0.131. The van der Waals surface area contributed by atoms with E-state index in [0.29, 0.717) is 6.42 Å². The molecule has 0 spiro atoms. The normalized spacial score (nSPS) is 17.2. The van der Waals surface area contributed by atoms with Crippen LogP contribution in [0.4, 0.5) is 0 Å². The second-order valence-electron chi connectivity index (χ2n) is 6.63. The Morgan fingerprint density at radius 3 is 2.64 bits per heavy atom. The molecular formula is C20H22N4O. The molecule has 0 aliphatic carbocycles.